The van der Waals surface area contributed by atoms with E-state index in [2.05, 4.69) is 5.32 Å². The number of anilines is 2. The van der Waals surface area contributed by atoms with Gasteiger partial charge in [-0.05, 0) is 39.2 Å². The average molecular weight is 302 g/mol. The Morgan fingerprint density at radius 2 is 2.00 bits per heavy atom. The Hall–Kier alpha value is -1.35. The summed E-state index contributed by atoms with van der Waals surface area (Å²) < 4.78 is 23.0. The lowest BCUT2D eigenvalue weighted by Gasteiger charge is -2.28. The number of nitrogens with zero attached hydrogens (tertiary/aromatic N) is 1. The summed E-state index contributed by atoms with van der Waals surface area (Å²) in [7, 11) is -0.200. The van der Waals surface area contributed by atoms with Gasteiger partial charge in [0.05, 0.1) is 11.3 Å². The van der Waals surface area contributed by atoms with Crippen molar-refractivity contribution < 1.29 is 13.5 Å². The molecule has 6 N–H and O–H groups in total. The van der Waals surface area contributed by atoms with Gasteiger partial charge in [0, 0.05) is 18.8 Å². The molecule has 0 fully saturated rings. The molecule has 0 saturated heterocycles. The molecule has 8 heteroatoms. The van der Waals surface area contributed by atoms with Crippen LogP contribution in [-0.4, -0.2) is 51.2 Å². The van der Waals surface area contributed by atoms with Crippen LogP contribution in [0.25, 0.3) is 0 Å². The standard InChI is InChI=1S/C12H22N4O3S/c1-12(17,8-16(2)3)7-15-10-5-4-9(13)6-11(10)20(14,18)19/h4-6,15,17H,7-8,13H2,1-3H3,(H2,14,18,19). The summed E-state index contributed by atoms with van der Waals surface area (Å²) in [5.74, 6) is 0. The van der Waals surface area contributed by atoms with Crippen molar-refractivity contribution in [2.45, 2.75) is 17.4 Å². The zero-order chi connectivity index (χ0) is 15.6. The van der Waals surface area contributed by atoms with Crippen LogP contribution in [0.15, 0.2) is 23.1 Å². The first-order chi connectivity index (χ1) is 9.01. The number of primary sulfonamides is 1. The molecule has 0 aliphatic carbocycles. The molecule has 1 aromatic rings. The van der Waals surface area contributed by atoms with E-state index in [1.165, 1.54) is 12.1 Å². The summed E-state index contributed by atoms with van der Waals surface area (Å²) in [5, 5.41) is 18.2. The van der Waals surface area contributed by atoms with E-state index in [-0.39, 0.29) is 11.4 Å². The van der Waals surface area contributed by atoms with E-state index in [1.54, 1.807) is 13.0 Å². The summed E-state index contributed by atoms with van der Waals surface area (Å²) in [4.78, 5) is 1.75. The van der Waals surface area contributed by atoms with Crippen LogP contribution in [0.2, 0.25) is 0 Å². The Labute approximate surface area is 119 Å². The van der Waals surface area contributed by atoms with Crippen LogP contribution >= 0.6 is 0 Å². The largest absolute Gasteiger partial charge is 0.399 e. The fourth-order valence-corrected chi connectivity index (χ4v) is 2.69. The first-order valence-electron chi connectivity index (χ1n) is 6.04. The minimum atomic E-state index is -3.88. The van der Waals surface area contributed by atoms with E-state index in [4.69, 9.17) is 10.9 Å². The number of benzene rings is 1. The molecule has 1 unspecified atom stereocenters. The third-order valence-corrected chi connectivity index (χ3v) is 3.58. The van der Waals surface area contributed by atoms with Crippen molar-refractivity contribution in [3.63, 3.8) is 0 Å². The van der Waals surface area contributed by atoms with Crippen molar-refractivity contribution in [2.75, 3.05) is 38.2 Å². The van der Waals surface area contributed by atoms with E-state index in [0.29, 0.717) is 17.9 Å². The Morgan fingerprint density at radius 3 is 2.50 bits per heavy atom. The molecule has 0 saturated carbocycles. The lowest BCUT2D eigenvalue weighted by Crippen LogP contribution is -2.43. The molecule has 0 amide bonds. The summed E-state index contributed by atoms with van der Waals surface area (Å²) >= 11 is 0. The molecule has 20 heavy (non-hydrogen) atoms. The normalized spacial score (nSPS) is 15.1. The number of rotatable bonds is 6. The molecule has 0 bridgehead atoms. The second-order valence-corrected chi connectivity index (χ2v) is 6.92. The maximum Gasteiger partial charge on any atom is 0.240 e. The van der Waals surface area contributed by atoms with Gasteiger partial charge in [0.2, 0.25) is 10.0 Å². The Morgan fingerprint density at radius 1 is 1.40 bits per heavy atom. The molecule has 1 aromatic carbocycles. The first kappa shape index (κ1) is 16.7. The molecule has 0 radical (unpaired) electrons. The second kappa shape index (κ2) is 5.96. The average Bonchev–Trinajstić information content (AvgIpc) is 2.24. The van der Waals surface area contributed by atoms with Crippen molar-refractivity contribution >= 4 is 21.4 Å². The number of hydrogen-bond donors (Lipinski definition) is 4. The van der Waals surface area contributed by atoms with Crippen LogP contribution in [0.5, 0.6) is 0 Å². The number of nitrogens with two attached hydrogens (primary N) is 2. The zero-order valence-corrected chi connectivity index (χ0v) is 12.7. The van der Waals surface area contributed by atoms with Gasteiger partial charge in [0.1, 0.15) is 4.90 Å². The summed E-state index contributed by atoms with van der Waals surface area (Å²) in [6, 6.07) is 4.39. The minimum absolute atomic E-state index is 0.0850. The first-order valence-corrected chi connectivity index (χ1v) is 7.59. The van der Waals surface area contributed by atoms with E-state index < -0.39 is 15.6 Å². The summed E-state index contributed by atoms with van der Waals surface area (Å²) in [5.41, 5.74) is 5.18. The molecule has 114 valence electrons. The van der Waals surface area contributed by atoms with Crippen molar-refractivity contribution in [3.05, 3.63) is 18.2 Å². The molecule has 7 nitrogen and oxygen atoms in total. The molecule has 1 atom stereocenters. The molecule has 1 rings (SSSR count). The number of aliphatic hydroxyl groups is 1. The second-order valence-electron chi connectivity index (χ2n) is 5.39. The van der Waals surface area contributed by atoms with Gasteiger partial charge >= 0.3 is 0 Å². The third kappa shape index (κ3) is 4.97. The fourth-order valence-electron chi connectivity index (χ4n) is 1.94. The van der Waals surface area contributed by atoms with Crippen molar-refractivity contribution in [1.29, 1.82) is 0 Å². The monoisotopic (exact) mass is 302 g/mol. The summed E-state index contributed by atoms with van der Waals surface area (Å²) in [6.45, 7) is 2.27. The van der Waals surface area contributed by atoms with Crippen LogP contribution in [0.1, 0.15) is 6.92 Å². The zero-order valence-electron chi connectivity index (χ0n) is 11.9. The van der Waals surface area contributed by atoms with Gasteiger partial charge in [-0.1, -0.05) is 0 Å². The van der Waals surface area contributed by atoms with Crippen molar-refractivity contribution in [2.24, 2.45) is 5.14 Å². The molecule has 0 aliphatic heterocycles. The summed E-state index contributed by atoms with van der Waals surface area (Å²) in [6.07, 6.45) is 0. The van der Waals surface area contributed by atoms with E-state index in [0.717, 1.165) is 0 Å². The highest BCUT2D eigenvalue weighted by Crippen LogP contribution is 2.23. The van der Waals surface area contributed by atoms with Gasteiger partial charge in [-0.25, -0.2) is 13.6 Å². The molecule has 0 spiro atoms. The molecule has 0 heterocycles. The highest BCUT2D eigenvalue weighted by atomic mass is 32.2. The maximum atomic E-state index is 11.5. The van der Waals surface area contributed by atoms with E-state index in [9.17, 15) is 13.5 Å². The highest BCUT2D eigenvalue weighted by Gasteiger charge is 2.22. The number of sulfonamides is 1. The van der Waals surface area contributed by atoms with Gasteiger partial charge < -0.3 is 21.1 Å². The van der Waals surface area contributed by atoms with E-state index >= 15 is 0 Å². The predicted molar refractivity (Wildman–Crippen MR) is 79.9 cm³/mol. The lowest BCUT2D eigenvalue weighted by atomic mass is 10.1. The lowest BCUT2D eigenvalue weighted by molar-refractivity contribution is 0.0459. The number of likely N-dealkylation sites (N-methyl/N-ethyl adjacent to an activating group) is 1. The minimum Gasteiger partial charge on any atom is -0.399 e. The molecular formula is C12H22N4O3S. The number of nitrogens with one attached hydrogen (secondary N) is 1. The quantitative estimate of drug-likeness (QED) is 0.532. The Balaban J connectivity index is 2.94. The molecular weight excluding hydrogens is 280 g/mol. The van der Waals surface area contributed by atoms with Gasteiger partial charge in [0.25, 0.3) is 0 Å². The predicted octanol–water partition coefficient (Wildman–Crippen LogP) is -0.359. The van der Waals surface area contributed by atoms with Gasteiger partial charge in [-0.3, -0.25) is 0 Å². The highest BCUT2D eigenvalue weighted by molar-refractivity contribution is 7.89. The van der Waals surface area contributed by atoms with Gasteiger partial charge in [-0.15, -0.1) is 0 Å². The Bertz CT molecular complexity index is 570. The van der Waals surface area contributed by atoms with Crippen LogP contribution in [-0.2, 0) is 10.0 Å². The topological polar surface area (TPSA) is 122 Å². The Kier molecular flexibility index (Phi) is 4.98. The van der Waals surface area contributed by atoms with Crippen molar-refractivity contribution in [1.82, 2.24) is 4.90 Å². The smallest absolute Gasteiger partial charge is 0.240 e. The van der Waals surface area contributed by atoms with Crippen LogP contribution < -0.4 is 16.2 Å². The number of hydrogen-bond acceptors (Lipinski definition) is 6. The van der Waals surface area contributed by atoms with Crippen LogP contribution in [0.4, 0.5) is 11.4 Å². The maximum absolute atomic E-state index is 11.5. The molecule has 0 aliphatic rings. The number of nitrogen functional groups attached to an aromatic ring is 1. The van der Waals surface area contributed by atoms with Crippen LogP contribution in [0, 0.1) is 0 Å². The third-order valence-electron chi connectivity index (χ3n) is 2.63. The van der Waals surface area contributed by atoms with Crippen LogP contribution in [0.3, 0.4) is 0 Å². The van der Waals surface area contributed by atoms with E-state index in [1.807, 2.05) is 19.0 Å². The van der Waals surface area contributed by atoms with Crippen molar-refractivity contribution in [3.8, 4) is 0 Å². The van der Waals surface area contributed by atoms with Gasteiger partial charge in [0.15, 0.2) is 0 Å². The molecule has 0 aromatic heterocycles. The SMILES string of the molecule is CN(C)CC(C)(O)CNc1ccc(N)cc1S(N)(=O)=O. The van der Waals surface area contributed by atoms with Gasteiger partial charge in [-0.2, -0.15) is 0 Å². The fraction of sp³-hybridized carbons (Fsp3) is 0.500.